The van der Waals surface area contributed by atoms with Crippen LogP contribution in [0.15, 0.2) is 53.5 Å². The number of benzene rings is 2. The smallest absolute Gasteiger partial charge is 0.227 e. The average Bonchev–Trinajstić information content (AvgIpc) is 3.24. The Kier molecular flexibility index (Phi) is 3.19. The summed E-state index contributed by atoms with van der Waals surface area (Å²) in [6, 6.07) is 12.3. The zero-order chi connectivity index (χ0) is 15.8. The largest absolute Gasteiger partial charge is 0.436 e. The standard InChI is InChI=1S/C18H16N4O/c1-3-13-5-7-17-15(8-13)21-18(23-17)14-6-4-12(2)16(9-14)22-10-19-20-11-22/h4-11H,3H2,1-2H3. The fourth-order valence-electron chi connectivity index (χ4n) is 2.66. The van der Waals surface area contributed by atoms with Crippen molar-refractivity contribution in [2.75, 3.05) is 0 Å². The molecule has 114 valence electrons. The number of rotatable bonds is 3. The molecular weight excluding hydrogens is 288 g/mol. The Labute approximate surface area is 133 Å². The van der Waals surface area contributed by atoms with Gasteiger partial charge in [-0.25, -0.2) is 4.98 Å². The van der Waals surface area contributed by atoms with Gasteiger partial charge in [0.1, 0.15) is 18.2 Å². The van der Waals surface area contributed by atoms with Crippen LogP contribution in [-0.2, 0) is 6.42 Å². The normalized spacial score (nSPS) is 11.2. The minimum Gasteiger partial charge on any atom is -0.436 e. The number of fused-ring (bicyclic) bond motifs is 1. The van der Waals surface area contributed by atoms with E-state index < -0.39 is 0 Å². The summed E-state index contributed by atoms with van der Waals surface area (Å²) >= 11 is 0. The van der Waals surface area contributed by atoms with Crippen LogP contribution < -0.4 is 0 Å². The maximum atomic E-state index is 5.91. The molecule has 0 aliphatic carbocycles. The Morgan fingerprint density at radius 3 is 2.65 bits per heavy atom. The van der Waals surface area contributed by atoms with Crippen molar-refractivity contribution >= 4 is 11.1 Å². The Morgan fingerprint density at radius 1 is 1.04 bits per heavy atom. The Bertz CT molecular complexity index is 970. The first kappa shape index (κ1) is 13.7. The fourth-order valence-corrected chi connectivity index (χ4v) is 2.66. The molecule has 0 aliphatic rings. The van der Waals surface area contributed by atoms with Gasteiger partial charge in [-0.2, -0.15) is 0 Å². The first-order chi connectivity index (χ1) is 11.2. The molecule has 0 amide bonds. The van der Waals surface area contributed by atoms with Gasteiger partial charge in [0.2, 0.25) is 5.89 Å². The topological polar surface area (TPSA) is 56.7 Å². The summed E-state index contributed by atoms with van der Waals surface area (Å²) in [5, 5.41) is 7.74. The van der Waals surface area contributed by atoms with Crippen LogP contribution in [0.3, 0.4) is 0 Å². The van der Waals surface area contributed by atoms with E-state index in [1.54, 1.807) is 12.7 Å². The first-order valence-corrected chi connectivity index (χ1v) is 7.60. The average molecular weight is 304 g/mol. The van der Waals surface area contributed by atoms with Crippen LogP contribution in [0.1, 0.15) is 18.1 Å². The minimum absolute atomic E-state index is 0.627. The molecule has 0 unspecified atom stereocenters. The first-order valence-electron chi connectivity index (χ1n) is 7.60. The van der Waals surface area contributed by atoms with Gasteiger partial charge in [0.15, 0.2) is 5.58 Å². The molecule has 0 radical (unpaired) electrons. The van der Waals surface area contributed by atoms with Crippen LogP contribution >= 0.6 is 0 Å². The van der Waals surface area contributed by atoms with Gasteiger partial charge in [-0.15, -0.1) is 10.2 Å². The lowest BCUT2D eigenvalue weighted by molar-refractivity contribution is 0.619. The van der Waals surface area contributed by atoms with Crippen LogP contribution in [0.4, 0.5) is 0 Å². The highest BCUT2D eigenvalue weighted by atomic mass is 16.3. The second-order valence-electron chi connectivity index (χ2n) is 5.55. The van der Waals surface area contributed by atoms with Crippen LogP contribution in [0, 0.1) is 6.92 Å². The molecule has 0 bridgehead atoms. The van der Waals surface area contributed by atoms with Crippen molar-refractivity contribution in [2.24, 2.45) is 0 Å². The van der Waals surface area contributed by atoms with Gasteiger partial charge in [0.05, 0.1) is 5.69 Å². The summed E-state index contributed by atoms with van der Waals surface area (Å²) in [5.74, 6) is 0.627. The van der Waals surface area contributed by atoms with Crippen LogP contribution in [0.25, 0.3) is 28.2 Å². The van der Waals surface area contributed by atoms with E-state index in [9.17, 15) is 0 Å². The number of oxazole rings is 1. The van der Waals surface area contributed by atoms with E-state index in [1.165, 1.54) is 5.56 Å². The van der Waals surface area contributed by atoms with E-state index in [0.29, 0.717) is 5.89 Å². The summed E-state index contributed by atoms with van der Waals surface area (Å²) in [5.41, 5.74) is 6.05. The molecule has 2 heterocycles. The molecule has 4 rings (SSSR count). The Hall–Kier alpha value is -2.95. The third-order valence-corrected chi connectivity index (χ3v) is 4.01. The molecule has 2 aromatic heterocycles. The fraction of sp³-hybridized carbons (Fsp3) is 0.167. The highest BCUT2D eigenvalue weighted by Crippen LogP contribution is 2.27. The molecule has 2 aromatic carbocycles. The zero-order valence-electron chi connectivity index (χ0n) is 13.0. The molecule has 0 fully saturated rings. The van der Waals surface area contributed by atoms with Crippen molar-refractivity contribution in [3.05, 3.63) is 60.2 Å². The number of hydrogen-bond donors (Lipinski definition) is 0. The number of hydrogen-bond acceptors (Lipinski definition) is 4. The number of nitrogens with zero attached hydrogens (tertiary/aromatic N) is 4. The van der Waals surface area contributed by atoms with E-state index in [1.807, 2.05) is 22.8 Å². The summed E-state index contributed by atoms with van der Waals surface area (Å²) in [4.78, 5) is 4.64. The van der Waals surface area contributed by atoms with E-state index in [0.717, 1.165) is 34.3 Å². The van der Waals surface area contributed by atoms with Crippen LogP contribution in [0.5, 0.6) is 0 Å². The van der Waals surface area contributed by atoms with Crippen LogP contribution in [0.2, 0.25) is 0 Å². The maximum Gasteiger partial charge on any atom is 0.227 e. The third-order valence-electron chi connectivity index (χ3n) is 4.01. The van der Waals surface area contributed by atoms with Crippen molar-refractivity contribution < 1.29 is 4.42 Å². The molecule has 5 nitrogen and oxygen atoms in total. The van der Waals surface area contributed by atoms with Crippen molar-refractivity contribution in [3.8, 4) is 17.1 Å². The lowest BCUT2D eigenvalue weighted by atomic mass is 10.1. The van der Waals surface area contributed by atoms with E-state index in [4.69, 9.17) is 4.42 Å². The molecular formula is C18H16N4O. The quantitative estimate of drug-likeness (QED) is 0.575. The van der Waals surface area contributed by atoms with E-state index in [-0.39, 0.29) is 0 Å². The van der Waals surface area contributed by atoms with Gasteiger partial charge in [-0.05, 0) is 48.7 Å². The monoisotopic (exact) mass is 304 g/mol. The third kappa shape index (κ3) is 2.40. The number of aryl methyl sites for hydroxylation is 2. The van der Waals surface area contributed by atoms with Crippen molar-refractivity contribution in [1.82, 2.24) is 19.7 Å². The second-order valence-corrected chi connectivity index (χ2v) is 5.55. The highest BCUT2D eigenvalue weighted by molar-refractivity contribution is 5.77. The summed E-state index contributed by atoms with van der Waals surface area (Å²) in [6.45, 7) is 4.19. The predicted octanol–water partition coefficient (Wildman–Crippen LogP) is 3.95. The van der Waals surface area contributed by atoms with Gasteiger partial charge in [0, 0.05) is 5.56 Å². The van der Waals surface area contributed by atoms with Crippen molar-refractivity contribution in [2.45, 2.75) is 20.3 Å². The van der Waals surface area contributed by atoms with Crippen molar-refractivity contribution in [1.29, 1.82) is 0 Å². The zero-order valence-corrected chi connectivity index (χ0v) is 13.0. The van der Waals surface area contributed by atoms with Crippen molar-refractivity contribution in [3.63, 3.8) is 0 Å². The molecule has 0 spiro atoms. The summed E-state index contributed by atoms with van der Waals surface area (Å²) in [6.07, 6.45) is 4.36. The SMILES string of the molecule is CCc1ccc2oc(-c3ccc(C)c(-n4cnnc4)c3)nc2c1. The molecule has 4 aromatic rings. The lowest BCUT2D eigenvalue weighted by Gasteiger charge is -2.07. The van der Waals surface area contributed by atoms with Gasteiger partial charge in [-0.1, -0.05) is 19.1 Å². The van der Waals surface area contributed by atoms with Gasteiger partial charge in [0.25, 0.3) is 0 Å². The molecule has 0 saturated heterocycles. The van der Waals surface area contributed by atoms with Gasteiger partial charge < -0.3 is 4.42 Å². The van der Waals surface area contributed by atoms with E-state index >= 15 is 0 Å². The summed E-state index contributed by atoms with van der Waals surface area (Å²) in [7, 11) is 0. The molecule has 0 N–H and O–H groups in total. The molecule has 0 aliphatic heterocycles. The second kappa shape index (κ2) is 5.35. The lowest BCUT2D eigenvalue weighted by Crippen LogP contribution is -1.94. The molecule has 23 heavy (non-hydrogen) atoms. The minimum atomic E-state index is 0.627. The Morgan fingerprint density at radius 2 is 1.87 bits per heavy atom. The number of aromatic nitrogens is 4. The molecule has 0 atom stereocenters. The highest BCUT2D eigenvalue weighted by Gasteiger charge is 2.11. The maximum absolute atomic E-state index is 5.91. The summed E-state index contributed by atoms with van der Waals surface area (Å²) < 4.78 is 7.80. The predicted molar refractivity (Wildman–Crippen MR) is 88.5 cm³/mol. The van der Waals surface area contributed by atoms with Gasteiger partial charge in [-0.3, -0.25) is 4.57 Å². The Balaban J connectivity index is 1.83. The molecule has 0 saturated carbocycles. The molecule has 5 heteroatoms. The van der Waals surface area contributed by atoms with Gasteiger partial charge >= 0.3 is 0 Å². The van der Waals surface area contributed by atoms with E-state index in [2.05, 4.69) is 47.2 Å². The van der Waals surface area contributed by atoms with Crippen LogP contribution in [-0.4, -0.2) is 19.7 Å².